The maximum absolute atomic E-state index is 11.9. The first-order valence-electron chi connectivity index (χ1n) is 6.87. The van der Waals surface area contributed by atoms with Crippen LogP contribution in [0.15, 0.2) is 41.0 Å². The van der Waals surface area contributed by atoms with Gasteiger partial charge in [-0.1, -0.05) is 24.3 Å². The molecule has 0 aliphatic heterocycles. The molecule has 1 aromatic carbocycles. The second kappa shape index (κ2) is 5.69. The second-order valence-electron chi connectivity index (χ2n) is 4.84. The number of aryl methyl sites for hydroxylation is 1. The lowest BCUT2D eigenvalue weighted by molar-refractivity contribution is -0.116. The predicted molar refractivity (Wildman–Crippen MR) is 84.6 cm³/mol. The Bertz CT molecular complexity index is 762. The molecule has 1 amide bonds. The van der Waals surface area contributed by atoms with Crippen LogP contribution in [0.4, 0.5) is 5.13 Å². The van der Waals surface area contributed by atoms with E-state index in [0.717, 1.165) is 22.4 Å². The molecule has 0 saturated carbocycles. The maximum atomic E-state index is 11.9. The molecule has 0 aliphatic rings. The summed E-state index contributed by atoms with van der Waals surface area (Å²) < 4.78 is 6.44. The third kappa shape index (κ3) is 2.83. The average Bonchev–Trinajstić information content (AvgIpc) is 3.12. The summed E-state index contributed by atoms with van der Waals surface area (Å²) in [6.07, 6.45) is 2.60. The summed E-state index contributed by atoms with van der Waals surface area (Å²) in [6.45, 7) is 4.08. The van der Waals surface area contributed by atoms with Crippen molar-refractivity contribution >= 4 is 32.6 Å². The molecule has 0 aliphatic carbocycles. The number of nitrogens with zero attached hydrogens (tertiary/aromatic N) is 2. The van der Waals surface area contributed by atoms with Gasteiger partial charge in [-0.05, 0) is 36.2 Å². The van der Waals surface area contributed by atoms with E-state index in [1.165, 1.54) is 16.9 Å². The number of hydrogen-bond acceptors (Lipinski definition) is 4. The van der Waals surface area contributed by atoms with Crippen molar-refractivity contribution in [1.82, 2.24) is 4.98 Å². The minimum Gasteiger partial charge on any atom is -0.467 e. The summed E-state index contributed by atoms with van der Waals surface area (Å²) in [4.78, 5) is 18.1. The fourth-order valence-corrected chi connectivity index (χ4v) is 3.24. The average molecular weight is 300 g/mol. The van der Waals surface area contributed by atoms with Gasteiger partial charge in [0.2, 0.25) is 5.91 Å². The molecule has 0 N–H and O–H groups in total. The molecule has 5 heteroatoms. The highest BCUT2D eigenvalue weighted by atomic mass is 32.1. The van der Waals surface area contributed by atoms with Crippen molar-refractivity contribution < 1.29 is 9.21 Å². The summed E-state index contributed by atoms with van der Waals surface area (Å²) >= 11 is 1.54. The van der Waals surface area contributed by atoms with Crippen LogP contribution in [0.25, 0.3) is 10.2 Å². The van der Waals surface area contributed by atoms with Gasteiger partial charge in [-0.3, -0.25) is 9.69 Å². The topological polar surface area (TPSA) is 46.3 Å². The number of amides is 1. The van der Waals surface area contributed by atoms with E-state index < -0.39 is 0 Å². The highest BCUT2D eigenvalue weighted by molar-refractivity contribution is 7.22. The molecule has 0 saturated heterocycles. The third-order valence-electron chi connectivity index (χ3n) is 3.35. The summed E-state index contributed by atoms with van der Waals surface area (Å²) in [5.41, 5.74) is 2.20. The van der Waals surface area contributed by atoms with Gasteiger partial charge in [-0.2, -0.15) is 0 Å². The zero-order valence-corrected chi connectivity index (χ0v) is 12.8. The smallest absolute Gasteiger partial charge is 0.226 e. The lowest BCUT2D eigenvalue weighted by Gasteiger charge is -2.15. The SMILES string of the molecule is CCc1ccc2nc(N(Cc3ccco3)C(C)=O)sc2c1. The fourth-order valence-electron chi connectivity index (χ4n) is 2.16. The van der Waals surface area contributed by atoms with E-state index in [1.54, 1.807) is 18.1 Å². The van der Waals surface area contributed by atoms with Crippen molar-refractivity contribution in [3.05, 3.63) is 47.9 Å². The van der Waals surface area contributed by atoms with Crippen LogP contribution < -0.4 is 4.90 Å². The van der Waals surface area contributed by atoms with Crippen LogP contribution in [-0.4, -0.2) is 10.9 Å². The maximum Gasteiger partial charge on any atom is 0.226 e. The molecule has 0 spiro atoms. The molecule has 108 valence electrons. The Morgan fingerprint density at radius 1 is 1.38 bits per heavy atom. The van der Waals surface area contributed by atoms with Gasteiger partial charge in [0.15, 0.2) is 5.13 Å². The monoisotopic (exact) mass is 300 g/mol. The second-order valence-corrected chi connectivity index (χ2v) is 5.85. The highest BCUT2D eigenvalue weighted by Gasteiger charge is 2.18. The zero-order valence-electron chi connectivity index (χ0n) is 12.0. The molecule has 0 bridgehead atoms. The Kier molecular flexibility index (Phi) is 3.75. The standard InChI is InChI=1S/C16H16N2O2S/c1-3-12-6-7-14-15(9-12)21-16(17-14)18(11(2)19)10-13-5-4-8-20-13/h4-9H,3,10H2,1-2H3. The van der Waals surface area contributed by atoms with E-state index in [9.17, 15) is 4.79 Å². The van der Waals surface area contributed by atoms with Gasteiger partial charge in [0.25, 0.3) is 0 Å². The Hall–Kier alpha value is -2.14. The number of benzene rings is 1. The number of furan rings is 1. The van der Waals surface area contributed by atoms with Crippen molar-refractivity contribution in [1.29, 1.82) is 0 Å². The van der Waals surface area contributed by atoms with Crippen LogP contribution >= 0.6 is 11.3 Å². The molecule has 3 rings (SSSR count). The van der Waals surface area contributed by atoms with E-state index in [2.05, 4.69) is 24.0 Å². The van der Waals surface area contributed by atoms with Crippen molar-refractivity contribution in [2.24, 2.45) is 0 Å². The number of rotatable bonds is 4. The molecule has 3 aromatic rings. The van der Waals surface area contributed by atoms with Crippen molar-refractivity contribution in [2.45, 2.75) is 26.8 Å². The van der Waals surface area contributed by atoms with Gasteiger partial charge in [0.1, 0.15) is 5.76 Å². The van der Waals surface area contributed by atoms with Gasteiger partial charge in [0.05, 0.1) is 23.0 Å². The minimum absolute atomic E-state index is 0.0406. The number of carbonyl (C=O) groups excluding carboxylic acids is 1. The lowest BCUT2D eigenvalue weighted by atomic mass is 10.2. The van der Waals surface area contributed by atoms with Crippen LogP contribution in [0.3, 0.4) is 0 Å². The number of hydrogen-bond donors (Lipinski definition) is 0. The zero-order chi connectivity index (χ0) is 14.8. The van der Waals surface area contributed by atoms with Crippen LogP contribution in [0.1, 0.15) is 25.2 Å². The summed E-state index contributed by atoms with van der Waals surface area (Å²) in [5, 5.41) is 0.710. The molecule has 2 aromatic heterocycles. The number of fused-ring (bicyclic) bond motifs is 1. The Balaban J connectivity index is 1.97. The molecule has 0 fully saturated rings. The molecule has 0 atom stereocenters. The van der Waals surface area contributed by atoms with Crippen molar-refractivity contribution in [2.75, 3.05) is 4.90 Å². The number of anilines is 1. The van der Waals surface area contributed by atoms with Gasteiger partial charge in [0, 0.05) is 6.92 Å². The van der Waals surface area contributed by atoms with Crippen LogP contribution in [0, 0.1) is 0 Å². The molecule has 2 heterocycles. The third-order valence-corrected chi connectivity index (χ3v) is 4.40. The molecule has 4 nitrogen and oxygen atoms in total. The fraction of sp³-hybridized carbons (Fsp3) is 0.250. The van der Waals surface area contributed by atoms with Crippen LogP contribution in [0.5, 0.6) is 0 Å². The van der Waals surface area contributed by atoms with Crippen molar-refractivity contribution in [3.63, 3.8) is 0 Å². The number of aromatic nitrogens is 1. The quantitative estimate of drug-likeness (QED) is 0.731. The molecular weight excluding hydrogens is 284 g/mol. The number of carbonyl (C=O) groups is 1. The number of thiazole rings is 1. The van der Waals surface area contributed by atoms with E-state index in [1.807, 2.05) is 18.2 Å². The Morgan fingerprint density at radius 2 is 2.24 bits per heavy atom. The van der Waals surface area contributed by atoms with Gasteiger partial charge in [-0.15, -0.1) is 0 Å². The molecule has 21 heavy (non-hydrogen) atoms. The van der Waals surface area contributed by atoms with Gasteiger partial charge < -0.3 is 4.42 Å². The molecule has 0 unspecified atom stereocenters. The highest BCUT2D eigenvalue weighted by Crippen LogP contribution is 2.30. The lowest BCUT2D eigenvalue weighted by Crippen LogP contribution is -2.27. The van der Waals surface area contributed by atoms with Crippen molar-refractivity contribution in [3.8, 4) is 0 Å². The summed E-state index contributed by atoms with van der Waals surface area (Å²) in [7, 11) is 0. The summed E-state index contributed by atoms with van der Waals surface area (Å²) in [6, 6.07) is 9.91. The first kappa shape index (κ1) is 13.8. The Morgan fingerprint density at radius 3 is 2.90 bits per heavy atom. The van der Waals surface area contributed by atoms with Gasteiger partial charge in [-0.25, -0.2) is 4.98 Å². The first-order chi connectivity index (χ1) is 10.2. The van der Waals surface area contributed by atoms with E-state index in [4.69, 9.17) is 4.42 Å². The summed E-state index contributed by atoms with van der Waals surface area (Å²) in [5.74, 6) is 0.708. The van der Waals surface area contributed by atoms with E-state index >= 15 is 0 Å². The largest absolute Gasteiger partial charge is 0.467 e. The van der Waals surface area contributed by atoms with Crippen LogP contribution in [-0.2, 0) is 17.8 Å². The van der Waals surface area contributed by atoms with E-state index in [0.29, 0.717) is 11.7 Å². The van der Waals surface area contributed by atoms with E-state index in [-0.39, 0.29) is 5.91 Å². The van der Waals surface area contributed by atoms with Gasteiger partial charge >= 0.3 is 0 Å². The van der Waals surface area contributed by atoms with Crippen LogP contribution in [0.2, 0.25) is 0 Å². The molecular formula is C16H16N2O2S. The predicted octanol–water partition coefficient (Wildman–Crippen LogP) is 4.00. The Labute approximate surface area is 127 Å². The minimum atomic E-state index is -0.0406. The molecule has 0 radical (unpaired) electrons. The normalized spacial score (nSPS) is 11.0. The first-order valence-corrected chi connectivity index (χ1v) is 7.69.